The van der Waals surface area contributed by atoms with Crippen molar-refractivity contribution in [3.63, 3.8) is 0 Å². The Kier molecular flexibility index (Phi) is 5.38. The maximum absolute atomic E-state index is 13.0. The van der Waals surface area contributed by atoms with Gasteiger partial charge in [-0.05, 0) is 36.2 Å². The number of fused-ring (bicyclic) bond motifs is 2. The van der Waals surface area contributed by atoms with E-state index in [9.17, 15) is 9.59 Å². The lowest BCUT2D eigenvalue weighted by Crippen LogP contribution is -2.27. The SMILES string of the molecule is CC(C)Cn1c(SCn2nnc3ccccc3c2=O)nc2cc(Cl)ccc2c1=O. The van der Waals surface area contributed by atoms with Gasteiger partial charge in [-0.15, -0.1) is 5.10 Å². The smallest absolute Gasteiger partial charge is 0.278 e. The molecule has 0 aliphatic heterocycles. The van der Waals surface area contributed by atoms with Gasteiger partial charge in [0, 0.05) is 11.6 Å². The lowest BCUT2D eigenvalue weighted by molar-refractivity contribution is 0.474. The summed E-state index contributed by atoms with van der Waals surface area (Å²) in [6.07, 6.45) is 0. The molecule has 0 unspecified atom stereocenters. The number of hydrogen-bond donors (Lipinski definition) is 0. The van der Waals surface area contributed by atoms with Crippen LogP contribution in [0, 0.1) is 5.92 Å². The summed E-state index contributed by atoms with van der Waals surface area (Å²) in [6.45, 7) is 4.59. The fraction of sp³-hybridized carbons (Fsp3) is 0.250. The van der Waals surface area contributed by atoms with Crippen molar-refractivity contribution in [2.45, 2.75) is 31.4 Å². The average Bonchev–Trinajstić information content (AvgIpc) is 2.70. The number of benzene rings is 2. The van der Waals surface area contributed by atoms with E-state index in [1.165, 1.54) is 16.4 Å². The predicted molar refractivity (Wildman–Crippen MR) is 116 cm³/mol. The molecular weight excluding hydrogens is 410 g/mol. The molecule has 2 aromatic carbocycles. The van der Waals surface area contributed by atoms with E-state index in [-0.39, 0.29) is 22.9 Å². The molecule has 0 radical (unpaired) electrons. The van der Waals surface area contributed by atoms with E-state index in [1.54, 1.807) is 41.0 Å². The first-order valence-electron chi connectivity index (χ1n) is 9.09. The van der Waals surface area contributed by atoms with Crippen molar-refractivity contribution >= 4 is 45.2 Å². The minimum absolute atomic E-state index is 0.125. The summed E-state index contributed by atoms with van der Waals surface area (Å²) in [6, 6.07) is 12.1. The Bertz CT molecular complexity index is 1330. The van der Waals surface area contributed by atoms with Crippen molar-refractivity contribution in [3.8, 4) is 0 Å². The average molecular weight is 428 g/mol. The normalized spacial score (nSPS) is 11.6. The molecule has 0 fully saturated rings. The lowest BCUT2D eigenvalue weighted by atomic mass is 10.2. The van der Waals surface area contributed by atoms with E-state index in [0.29, 0.717) is 38.5 Å². The van der Waals surface area contributed by atoms with Gasteiger partial charge in [0.05, 0.1) is 22.2 Å². The van der Waals surface area contributed by atoms with E-state index in [4.69, 9.17) is 11.6 Å². The van der Waals surface area contributed by atoms with Crippen molar-refractivity contribution in [2.24, 2.45) is 5.92 Å². The van der Waals surface area contributed by atoms with Crippen molar-refractivity contribution in [2.75, 3.05) is 0 Å². The third kappa shape index (κ3) is 3.90. The fourth-order valence-electron chi connectivity index (χ4n) is 3.04. The molecule has 29 heavy (non-hydrogen) atoms. The van der Waals surface area contributed by atoms with Crippen LogP contribution in [0.3, 0.4) is 0 Å². The molecule has 2 aromatic heterocycles. The van der Waals surface area contributed by atoms with Crippen molar-refractivity contribution in [1.82, 2.24) is 24.5 Å². The van der Waals surface area contributed by atoms with Gasteiger partial charge in [-0.2, -0.15) is 4.68 Å². The first-order valence-corrected chi connectivity index (χ1v) is 10.5. The molecule has 0 saturated heterocycles. The van der Waals surface area contributed by atoms with Gasteiger partial charge in [-0.1, -0.05) is 54.6 Å². The van der Waals surface area contributed by atoms with Gasteiger partial charge in [0.25, 0.3) is 11.1 Å². The van der Waals surface area contributed by atoms with Crippen LogP contribution in [0.2, 0.25) is 5.02 Å². The number of nitrogens with zero attached hydrogens (tertiary/aromatic N) is 5. The summed E-state index contributed by atoms with van der Waals surface area (Å²) in [7, 11) is 0. The minimum atomic E-state index is -0.232. The summed E-state index contributed by atoms with van der Waals surface area (Å²) < 4.78 is 2.92. The van der Waals surface area contributed by atoms with Crippen LogP contribution in [-0.4, -0.2) is 24.5 Å². The Balaban J connectivity index is 1.76. The Morgan fingerprint density at radius 2 is 1.79 bits per heavy atom. The van der Waals surface area contributed by atoms with Crippen LogP contribution in [0.15, 0.2) is 57.2 Å². The first kappa shape index (κ1) is 19.6. The molecular formula is C20H18ClN5O2S. The largest absolute Gasteiger partial charge is 0.287 e. The van der Waals surface area contributed by atoms with Crippen LogP contribution >= 0.6 is 23.4 Å². The minimum Gasteiger partial charge on any atom is -0.287 e. The van der Waals surface area contributed by atoms with Crippen molar-refractivity contribution in [1.29, 1.82) is 0 Å². The highest BCUT2D eigenvalue weighted by Gasteiger charge is 2.14. The standard InChI is InChI=1S/C20H18ClN5O2S/c1-12(2)10-25-18(27)15-8-7-13(21)9-17(15)22-20(25)29-11-26-19(28)14-5-3-4-6-16(14)23-24-26/h3-9,12H,10-11H2,1-2H3. The lowest BCUT2D eigenvalue weighted by Gasteiger charge is -2.15. The van der Waals surface area contributed by atoms with Gasteiger partial charge in [0.2, 0.25) is 0 Å². The number of aromatic nitrogens is 5. The second kappa shape index (κ2) is 7.96. The summed E-state index contributed by atoms with van der Waals surface area (Å²) >= 11 is 7.35. The van der Waals surface area contributed by atoms with Crippen molar-refractivity contribution in [3.05, 3.63) is 68.2 Å². The molecule has 0 bridgehead atoms. The molecule has 0 atom stereocenters. The van der Waals surface area contributed by atoms with Crippen LogP contribution < -0.4 is 11.1 Å². The highest BCUT2D eigenvalue weighted by Crippen LogP contribution is 2.22. The maximum atomic E-state index is 13.0. The summed E-state index contributed by atoms with van der Waals surface area (Å²) in [5, 5.41) is 10.1. The fourth-order valence-corrected chi connectivity index (χ4v) is 4.09. The number of rotatable bonds is 5. The highest BCUT2D eigenvalue weighted by atomic mass is 35.5. The maximum Gasteiger partial charge on any atom is 0.278 e. The van der Waals surface area contributed by atoms with E-state index in [1.807, 2.05) is 19.9 Å². The van der Waals surface area contributed by atoms with Crippen LogP contribution in [0.25, 0.3) is 21.8 Å². The molecule has 7 nitrogen and oxygen atoms in total. The molecule has 148 valence electrons. The zero-order chi connectivity index (χ0) is 20.5. The molecule has 0 aliphatic rings. The zero-order valence-corrected chi connectivity index (χ0v) is 17.4. The Labute approximate surface area is 175 Å². The number of thioether (sulfide) groups is 1. The van der Waals surface area contributed by atoms with Gasteiger partial charge in [-0.3, -0.25) is 14.2 Å². The van der Waals surface area contributed by atoms with Gasteiger partial charge in [0.1, 0.15) is 5.52 Å². The molecule has 0 N–H and O–H groups in total. The summed E-state index contributed by atoms with van der Waals surface area (Å²) in [4.78, 5) is 30.3. The Morgan fingerprint density at radius 1 is 1.03 bits per heavy atom. The molecule has 4 aromatic rings. The quantitative estimate of drug-likeness (QED) is 0.357. The van der Waals surface area contributed by atoms with E-state index in [2.05, 4.69) is 15.3 Å². The van der Waals surface area contributed by atoms with Gasteiger partial charge in [-0.25, -0.2) is 4.98 Å². The highest BCUT2D eigenvalue weighted by molar-refractivity contribution is 7.98. The van der Waals surface area contributed by atoms with Crippen LogP contribution in [0.4, 0.5) is 0 Å². The second-order valence-corrected chi connectivity index (χ2v) is 8.40. The Morgan fingerprint density at radius 3 is 2.59 bits per heavy atom. The second-order valence-electron chi connectivity index (χ2n) is 7.05. The molecule has 0 spiro atoms. The molecule has 0 saturated carbocycles. The molecule has 9 heteroatoms. The number of hydrogen-bond acceptors (Lipinski definition) is 6. The number of halogens is 1. The van der Waals surface area contributed by atoms with Crippen molar-refractivity contribution < 1.29 is 0 Å². The van der Waals surface area contributed by atoms with Crippen LogP contribution in [0.1, 0.15) is 13.8 Å². The third-order valence-corrected chi connectivity index (χ3v) is 5.55. The van der Waals surface area contributed by atoms with Gasteiger partial charge >= 0.3 is 0 Å². The van der Waals surface area contributed by atoms with E-state index >= 15 is 0 Å². The van der Waals surface area contributed by atoms with Crippen LogP contribution in [0.5, 0.6) is 0 Å². The molecule has 2 heterocycles. The topological polar surface area (TPSA) is 82.7 Å². The zero-order valence-electron chi connectivity index (χ0n) is 15.9. The monoisotopic (exact) mass is 427 g/mol. The molecule has 0 aliphatic carbocycles. The van der Waals surface area contributed by atoms with Gasteiger partial charge < -0.3 is 0 Å². The van der Waals surface area contributed by atoms with E-state index in [0.717, 1.165) is 0 Å². The predicted octanol–water partition coefficient (Wildman–Crippen LogP) is 3.56. The van der Waals surface area contributed by atoms with E-state index < -0.39 is 0 Å². The first-order chi connectivity index (χ1) is 13.9. The van der Waals surface area contributed by atoms with Crippen LogP contribution in [-0.2, 0) is 12.4 Å². The molecule has 0 amide bonds. The Hall–Kier alpha value is -2.71. The third-order valence-electron chi connectivity index (χ3n) is 4.38. The van der Waals surface area contributed by atoms with Gasteiger partial charge in [0.15, 0.2) is 5.16 Å². The molecule has 4 rings (SSSR count). The summed E-state index contributed by atoms with van der Waals surface area (Å²) in [5.41, 5.74) is 0.723. The summed E-state index contributed by atoms with van der Waals surface area (Å²) in [5.74, 6) is 0.439.